The first kappa shape index (κ1) is 18.0. The van der Waals surface area contributed by atoms with E-state index in [4.69, 9.17) is 0 Å². The number of nitrogens with zero attached hydrogens (tertiary/aromatic N) is 1. The third-order valence-electron chi connectivity index (χ3n) is 4.80. The van der Waals surface area contributed by atoms with Crippen LogP contribution in [-0.2, 0) is 4.79 Å². The highest BCUT2D eigenvalue weighted by molar-refractivity contribution is 5.93. The Bertz CT molecular complexity index is 556. The lowest BCUT2D eigenvalue weighted by Crippen LogP contribution is -2.46. The Hall–Kier alpha value is -1.39. The van der Waals surface area contributed by atoms with Gasteiger partial charge in [0.05, 0.1) is 6.54 Å². The molecule has 0 aliphatic carbocycles. The molecule has 2 N–H and O–H groups in total. The lowest BCUT2D eigenvalue weighted by molar-refractivity contribution is -0.118. The van der Waals surface area contributed by atoms with E-state index in [9.17, 15) is 9.90 Å². The maximum absolute atomic E-state index is 12.5. The van der Waals surface area contributed by atoms with Gasteiger partial charge in [0.15, 0.2) is 0 Å². The number of likely N-dealkylation sites (tertiary alicyclic amines) is 1. The summed E-state index contributed by atoms with van der Waals surface area (Å²) in [6, 6.07) is 6.15. The van der Waals surface area contributed by atoms with Gasteiger partial charge < -0.3 is 10.4 Å². The second-order valence-electron chi connectivity index (χ2n) is 7.52. The summed E-state index contributed by atoms with van der Waals surface area (Å²) in [5.41, 5.74) is 3.15. The van der Waals surface area contributed by atoms with Crippen LogP contribution in [0.2, 0.25) is 0 Å². The Morgan fingerprint density at radius 3 is 2.83 bits per heavy atom. The first-order valence-electron chi connectivity index (χ1n) is 8.57. The molecule has 1 unspecified atom stereocenters. The number of hydrogen-bond acceptors (Lipinski definition) is 3. The number of aliphatic hydroxyl groups is 1. The fraction of sp³-hybridized carbons (Fsp3) is 0.632. The molecule has 0 bridgehead atoms. The van der Waals surface area contributed by atoms with Crippen molar-refractivity contribution in [1.29, 1.82) is 0 Å². The van der Waals surface area contributed by atoms with Gasteiger partial charge in [-0.25, -0.2) is 0 Å². The fourth-order valence-corrected chi connectivity index (χ4v) is 3.42. The molecule has 0 saturated carbocycles. The molecule has 1 aliphatic rings. The number of para-hydroxylation sites is 1. The molecular weight excluding hydrogens is 288 g/mol. The van der Waals surface area contributed by atoms with E-state index in [0.29, 0.717) is 12.5 Å². The highest BCUT2D eigenvalue weighted by Gasteiger charge is 2.31. The van der Waals surface area contributed by atoms with Crippen LogP contribution in [0, 0.1) is 12.3 Å². The summed E-state index contributed by atoms with van der Waals surface area (Å²) in [5.74, 6) is 0.404. The number of amides is 1. The third kappa shape index (κ3) is 4.55. The zero-order valence-corrected chi connectivity index (χ0v) is 14.9. The number of rotatable bonds is 5. The molecule has 4 heteroatoms. The Kier molecular flexibility index (Phi) is 5.82. The highest BCUT2D eigenvalue weighted by Crippen LogP contribution is 2.29. The molecule has 0 radical (unpaired) electrons. The second-order valence-corrected chi connectivity index (χ2v) is 7.52. The zero-order chi connectivity index (χ0) is 17.0. The van der Waals surface area contributed by atoms with Gasteiger partial charge in [0, 0.05) is 24.3 Å². The number of carbonyl (C=O) groups is 1. The van der Waals surface area contributed by atoms with Gasteiger partial charge in [-0.3, -0.25) is 9.69 Å². The molecule has 1 amide bonds. The summed E-state index contributed by atoms with van der Waals surface area (Å²) in [6.07, 6.45) is 2.06. The summed E-state index contributed by atoms with van der Waals surface area (Å²) >= 11 is 0. The molecule has 4 nitrogen and oxygen atoms in total. The van der Waals surface area contributed by atoms with Crippen molar-refractivity contribution in [2.75, 3.05) is 31.6 Å². The summed E-state index contributed by atoms with van der Waals surface area (Å²) < 4.78 is 0. The maximum Gasteiger partial charge on any atom is 0.238 e. The van der Waals surface area contributed by atoms with Gasteiger partial charge in [-0.2, -0.15) is 0 Å². The van der Waals surface area contributed by atoms with Crippen LogP contribution in [0.15, 0.2) is 18.2 Å². The molecule has 1 atom stereocenters. The van der Waals surface area contributed by atoms with Crippen LogP contribution >= 0.6 is 0 Å². The van der Waals surface area contributed by atoms with Gasteiger partial charge in [0.2, 0.25) is 5.91 Å². The molecule has 1 heterocycles. The van der Waals surface area contributed by atoms with Gasteiger partial charge in [-0.15, -0.1) is 0 Å². The van der Waals surface area contributed by atoms with Crippen molar-refractivity contribution >= 4 is 11.6 Å². The number of piperidine rings is 1. The lowest BCUT2D eigenvalue weighted by atomic mass is 9.83. The standard InChI is InChI=1S/C19H30N2O2/c1-14(2)16-8-5-7-15(3)18(16)20-17(23)11-21-10-6-9-19(4,12-21)13-22/h5,7-8,14,22H,6,9-13H2,1-4H3,(H,20,23). The minimum Gasteiger partial charge on any atom is -0.396 e. The fourth-order valence-electron chi connectivity index (χ4n) is 3.42. The first-order chi connectivity index (χ1) is 10.8. The molecule has 1 saturated heterocycles. The van der Waals surface area contributed by atoms with Crippen LogP contribution in [0.1, 0.15) is 50.7 Å². The Morgan fingerprint density at radius 1 is 1.43 bits per heavy atom. The maximum atomic E-state index is 12.5. The van der Waals surface area contributed by atoms with E-state index >= 15 is 0 Å². The van der Waals surface area contributed by atoms with Crippen LogP contribution in [0.3, 0.4) is 0 Å². The molecule has 0 spiro atoms. The van der Waals surface area contributed by atoms with Crippen LogP contribution in [0.5, 0.6) is 0 Å². The van der Waals surface area contributed by atoms with Crippen molar-refractivity contribution in [2.45, 2.75) is 46.5 Å². The number of carbonyl (C=O) groups excluding carboxylic acids is 1. The molecular formula is C19H30N2O2. The average molecular weight is 318 g/mol. The number of hydrogen-bond donors (Lipinski definition) is 2. The van der Waals surface area contributed by atoms with Crippen molar-refractivity contribution in [3.63, 3.8) is 0 Å². The predicted octanol–water partition coefficient (Wildman–Crippen LogP) is 3.15. The Morgan fingerprint density at radius 2 is 2.17 bits per heavy atom. The molecule has 1 fully saturated rings. The molecule has 2 rings (SSSR count). The van der Waals surface area contributed by atoms with E-state index in [1.165, 1.54) is 5.56 Å². The van der Waals surface area contributed by atoms with E-state index < -0.39 is 0 Å². The molecule has 0 aromatic heterocycles. The third-order valence-corrected chi connectivity index (χ3v) is 4.80. The van der Waals surface area contributed by atoms with Crippen molar-refractivity contribution in [3.05, 3.63) is 29.3 Å². The molecule has 1 aromatic carbocycles. The van der Waals surface area contributed by atoms with Crippen molar-refractivity contribution in [3.8, 4) is 0 Å². The molecule has 1 aliphatic heterocycles. The number of aryl methyl sites for hydroxylation is 1. The van der Waals surface area contributed by atoms with Crippen LogP contribution in [0.25, 0.3) is 0 Å². The predicted molar refractivity (Wildman–Crippen MR) is 94.8 cm³/mol. The van der Waals surface area contributed by atoms with E-state index in [-0.39, 0.29) is 17.9 Å². The van der Waals surface area contributed by atoms with E-state index in [2.05, 4.69) is 37.1 Å². The summed E-state index contributed by atoms with van der Waals surface area (Å²) in [5, 5.41) is 12.7. The number of nitrogens with one attached hydrogen (secondary N) is 1. The smallest absolute Gasteiger partial charge is 0.238 e. The average Bonchev–Trinajstić information content (AvgIpc) is 2.49. The van der Waals surface area contributed by atoms with Gasteiger partial charge in [-0.1, -0.05) is 39.0 Å². The minimum atomic E-state index is -0.0791. The lowest BCUT2D eigenvalue weighted by Gasteiger charge is -2.39. The Labute approximate surface area is 139 Å². The normalized spacial score (nSPS) is 22.3. The first-order valence-corrected chi connectivity index (χ1v) is 8.57. The van der Waals surface area contributed by atoms with Crippen LogP contribution in [-0.4, -0.2) is 42.2 Å². The van der Waals surface area contributed by atoms with Crippen molar-refractivity contribution < 1.29 is 9.90 Å². The van der Waals surface area contributed by atoms with E-state index in [0.717, 1.165) is 37.2 Å². The summed E-state index contributed by atoms with van der Waals surface area (Å²) in [6.45, 7) is 10.7. The van der Waals surface area contributed by atoms with Crippen molar-refractivity contribution in [1.82, 2.24) is 4.90 Å². The SMILES string of the molecule is Cc1cccc(C(C)C)c1NC(=O)CN1CCCC(C)(CO)C1. The minimum absolute atomic E-state index is 0.0309. The number of benzene rings is 1. The van der Waals surface area contributed by atoms with Crippen LogP contribution < -0.4 is 5.32 Å². The van der Waals surface area contributed by atoms with Gasteiger partial charge in [-0.05, 0) is 43.4 Å². The Balaban J connectivity index is 2.03. The zero-order valence-electron chi connectivity index (χ0n) is 14.9. The number of aliphatic hydroxyl groups excluding tert-OH is 1. The monoisotopic (exact) mass is 318 g/mol. The molecule has 1 aromatic rings. The highest BCUT2D eigenvalue weighted by atomic mass is 16.3. The second kappa shape index (κ2) is 7.45. The molecule has 128 valence electrons. The quantitative estimate of drug-likeness (QED) is 0.877. The van der Waals surface area contributed by atoms with Gasteiger partial charge >= 0.3 is 0 Å². The van der Waals surface area contributed by atoms with Crippen LogP contribution in [0.4, 0.5) is 5.69 Å². The topological polar surface area (TPSA) is 52.6 Å². The van der Waals surface area contributed by atoms with E-state index in [1.807, 2.05) is 19.1 Å². The number of anilines is 1. The van der Waals surface area contributed by atoms with Gasteiger partial charge in [0.1, 0.15) is 0 Å². The molecule has 23 heavy (non-hydrogen) atoms. The summed E-state index contributed by atoms with van der Waals surface area (Å²) in [7, 11) is 0. The van der Waals surface area contributed by atoms with E-state index in [1.54, 1.807) is 0 Å². The van der Waals surface area contributed by atoms with Gasteiger partial charge in [0.25, 0.3) is 0 Å². The summed E-state index contributed by atoms with van der Waals surface area (Å²) in [4.78, 5) is 14.6. The van der Waals surface area contributed by atoms with Crippen molar-refractivity contribution in [2.24, 2.45) is 5.41 Å². The largest absolute Gasteiger partial charge is 0.396 e.